The highest BCUT2D eigenvalue weighted by molar-refractivity contribution is 7.99. The van der Waals surface area contributed by atoms with Gasteiger partial charge in [-0.3, -0.25) is 0 Å². The molecule has 0 aromatic heterocycles. The Hall–Kier alpha value is 0.270. The van der Waals surface area contributed by atoms with Gasteiger partial charge in [0.25, 0.3) is 0 Å². The summed E-state index contributed by atoms with van der Waals surface area (Å²) in [6, 6.07) is 0. The van der Waals surface area contributed by atoms with Gasteiger partial charge in [-0.1, -0.05) is 26.2 Å². The van der Waals surface area contributed by atoms with Crippen LogP contribution in [0, 0.1) is 0 Å². The molecule has 1 atom stereocenters. The Labute approximate surface area is 105 Å². The van der Waals surface area contributed by atoms with Crippen LogP contribution in [-0.2, 0) is 0 Å². The van der Waals surface area contributed by atoms with Crippen LogP contribution in [0.3, 0.4) is 0 Å². The highest BCUT2D eigenvalue weighted by Crippen LogP contribution is 2.29. The van der Waals surface area contributed by atoms with Gasteiger partial charge in [0, 0.05) is 10.8 Å². The molecule has 1 aliphatic carbocycles. The predicted octanol–water partition coefficient (Wildman–Crippen LogP) is 2.80. The number of rotatable bonds is 7. The first kappa shape index (κ1) is 14.3. The fourth-order valence-electron chi connectivity index (χ4n) is 2.33. The van der Waals surface area contributed by atoms with Crippen molar-refractivity contribution < 1.29 is 5.11 Å². The number of aliphatic hydroxyl groups is 1. The predicted molar refractivity (Wildman–Crippen MR) is 73.1 cm³/mol. The summed E-state index contributed by atoms with van der Waals surface area (Å²) in [5.74, 6) is 1.18. The third kappa shape index (κ3) is 5.07. The first-order chi connectivity index (χ1) is 7.70. The summed E-state index contributed by atoms with van der Waals surface area (Å²) in [7, 11) is 0. The molecule has 0 heterocycles. The molecule has 3 heteroatoms. The van der Waals surface area contributed by atoms with Gasteiger partial charge < -0.3 is 10.4 Å². The van der Waals surface area contributed by atoms with Crippen LogP contribution in [0.5, 0.6) is 0 Å². The summed E-state index contributed by atoms with van der Waals surface area (Å²) in [5, 5.41) is 13.7. The van der Waals surface area contributed by atoms with Crippen molar-refractivity contribution in [2.24, 2.45) is 0 Å². The van der Waals surface area contributed by atoms with Crippen LogP contribution in [-0.4, -0.2) is 34.8 Å². The molecule has 96 valence electrons. The van der Waals surface area contributed by atoms with Gasteiger partial charge in [-0.15, -0.1) is 0 Å². The summed E-state index contributed by atoms with van der Waals surface area (Å²) in [5.41, 5.74) is -0.0730. The van der Waals surface area contributed by atoms with E-state index in [0.29, 0.717) is 0 Å². The molecular weight excluding hydrogens is 218 g/mol. The van der Waals surface area contributed by atoms with Crippen LogP contribution >= 0.6 is 11.8 Å². The van der Waals surface area contributed by atoms with Crippen molar-refractivity contribution in [1.82, 2.24) is 5.32 Å². The lowest BCUT2D eigenvalue weighted by atomic mass is 10.00. The number of aliphatic hydroxyl groups excluding tert-OH is 1. The zero-order chi connectivity index (χ0) is 11.9. The number of nitrogens with one attached hydrogen (secondary N) is 1. The van der Waals surface area contributed by atoms with E-state index in [4.69, 9.17) is 0 Å². The second-order valence-electron chi connectivity index (χ2n) is 5.13. The third-order valence-electron chi connectivity index (χ3n) is 3.51. The largest absolute Gasteiger partial charge is 0.394 e. The maximum atomic E-state index is 9.38. The van der Waals surface area contributed by atoms with Gasteiger partial charge in [0.05, 0.1) is 6.61 Å². The maximum Gasteiger partial charge on any atom is 0.0610 e. The van der Waals surface area contributed by atoms with E-state index in [-0.39, 0.29) is 12.1 Å². The van der Waals surface area contributed by atoms with Gasteiger partial charge >= 0.3 is 0 Å². The summed E-state index contributed by atoms with van der Waals surface area (Å²) in [6.07, 6.45) is 8.15. The first-order valence-corrected chi connectivity index (χ1v) is 7.72. The summed E-state index contributed by atoms with van der Waals surface area (Å²) in [6.45, 7) is 5.40. The van der Waals surface area contributed by atoms with Crippen molar-refractivity contribution >= 4 is 11.8 Å². The number of thioether (sulfide) groups is 1. The highest BCUT2D eigenvalue weighted by Gasteiger charge is 2.22. The average Bonchev–Trinajstić information content (AvgIpc) is 2.31. The molecule has 16 heavy (non-hydrogen) atoms. The molecule has 0 bridgehead atoms. The fraction of sp³-hybridized carbons (Fsp3) is 1.00. The van der Waals surface area contributed by atoms with Gasteiger partial charge in [0.2, 0.25) is 0 Å². The topological polar surface area (TPSA) is 32.3 Å². The Morgan fingerprint density at radius 3 is 2.56 bits per heavy atom. The van der Waals surface area contributed by atoms with Crippen LogP contribution in [0.25, 0.3) is 0 Å². The van der Waals surface area contributed by atoms with E-state index in [1.54, 1.807) is 0 Å². The first-order valence-electron chi connectivity index (χ1n) is 6.67. The minimum absolute atomic E-state index is 0.0730. The molecule has 0 aromatic carbocycles. The van der Waals surface area contributed by atoms with E-state index in [2.05, 4.69) is 30.9 Å². The normalized spacial score (nSPS) is 21.9. The molecule has 2 N–H and O–H groups in total. The zero-order valence-electron chi connectivity index (χ0n) is 10.8. The van der Waals surface area contributed by atoms with Crippen molar-refractivity contribution in [3.63, 3.8) is 0 Å². The average molecular weight is 245 g/mol. The molecule has 1 saturated carbocycles. The van der Waals surface area contributed by atoms with Crippen LogP contribution < -0.4 is 5.32 Å². The molecule has 0 saturated heterocycles. The van der Waals surface area contributed by atoms with Gasteiger partial charge in [-0.2, -0.15) is 11.8 Å². The van der Waals surface area contributed by atoms with Gasteiger partial charge in [0.15, 0.2) is 0 Å². The van der Waals surface area contributed by atoms with Crippen molar-refractivity contribution in [3.8, 4) is 0 Å². The number of likely N-dealkylation sites (N-methyl/N-ethyl adjacent to an activating group) is 1. The quantitative estimate of drug-likeness (QED) is 0.723. The molecule has 0 radical (unpaired) electrons. The minimum atomic E-state index is -0.0730. The van der Waals surface area contributed by atoms with Crippen LogP contribution in [0.2, 0.25) is 0 Å². The molecule has 1 fully saturated rings. The van der Waals surface area contributed by atoms with Crippen LogP contribution in [0.1, 0.15) is 52.4 Å². The second-order valence-corrected chi connectivity index (χ2v) is 6.54. The van der Waals surface area contributed by atoms with Crippen LogP contribution in [0.15, 0.2) is 0 Å². The SMILES string of the molecule is CCNC(C)(CO)CCSC1CCCCC1. The fourth-order valence-corrected chi connectivity index (χ4v) is 3.90. The monoisotopic (exact) mass is 245 g/mol. The second kappa shape index (κ2) is 7.57. The Morgan fingerprint density at radius 1 is 1.31 bits per heavy atom. The van der Waals surface area contributed by atoms with Gasteiger partial charge in [-0.05, 0) is 38.5 Å². The van der Waals surface area contributed by atoms with Crippen molar-refractivity contribution in [3.05, 3.63) is 0 Å². The van der Waals surface area contributed by atoms with Crippen LogP contribution in [0.4, 0.5) is 0 Å². The smallest absolute Gasteiger partial charge is 0.0610 e. The lowest BCUT2D eigenvalue weighted by molar-refractivity contribution is 0.173. The van der Waals surface area contributed by atoms with Crippen molar-refractivity contribution in [2.75, 3.05) is 18.9 Å². The number of hydrogen-bond donors (Lipinski definition) is 2. The van der Waals surface area contributed by atoms with E-state index in [1.807, 2.05) is 0 Å². The number of hydrogen-bond acceptors (Lipinski definition) is 3. The molecule has 0 aromatic rings. The molecule has 0 amide bonds. The molecule has 1 aliphatic rings. The van der Waals surface area contributed by atoms with E-state index in [9.17, 15) is 5.11 Å². The molecular formula is C13H27NOS. The maximum absolute atomic E-state index is 9.38. The Kier molecular flexibility index (Phi) is 6.78. The van der Waals surface area contributed by atoms with E-state index >= 15 is 0 Å². The zero-order valence-corrected chi connectivity index (χ0v) is 11.6. The molecule has 0 spiro atoms. The van der Waals surface area contributed by atoms with Crippen molar-refractivity contribution in [2.45, 2.75) is 63.2 Å². The summed E-state index contributed by atoms with van der Waals surface area (Å²) >= 11 is 2.11. The lowest BCUT2D eigenvalue weighted by Gasteiger charge is -2.29. The van der Waals surface area contributed by atoms with Gasteiger partial charge in [0.1, 0.15) is 0 Å². The highest BCUT2D eigenvalue weighted by atomic mass is 32.2. The lowest BCUT2D eigenvalue weighted by Crippen LogP contribution is -2.46. The Bertz CT molecular complexity index is 183. The van der Waals surface area contributed by atoms with Crippen molar-refractivity contribution in [1.29, 1.82) is 0 Å². The van der Waals surface area contributed by atoms with E-state index < -0.39 is 0 Å². The summed E-state index contributed by atoms with van der Waals surface area (Å²) in [4.78, 5) is 0. The molecule has 1 unspecified atom stereocenters. The van der Waals surface area contributed by atoms with E-state index in [1.165, 1.54) is 37.9 Å². The standard InChI is InChI=1S/C13H27NOS/c1-3-14-13(2,11-15)9-10-16-12-7-5-4-6-8-12/h12,14-15H,3-11H2,1-2H3. The summed E-state index contributed by atoms with van der Waals surface area (Å²) < 4.78 is 0. The minimum Gasteiger partial charge on any atom is -0.394 e. The van der Waals surface area contributed by atoms with Gasteiger partial charge in [-0.25, -0.2) is 0 Å². The van der Waals surface area contributed by atoms with E-state index in [0.717, 1.165) is 18.2 Å². The Balaban J connectivity index is 2.16. The third-order valence-corrected chi connectivity index (χ3v) is 4.89. The molecule has 2 nitrogen and oxygen atoms in total. The molecule has 1 rings (SSSR count). The Morgan fingerprint density at radius 2 is 2.00 bits per heavy atom. The molecule has 0 aliphatic heterocycles.